The first-order valence-corrected chi connectivity index (χ1v) is 8.27. The Labute approximate surface area is 140 Å². The van der Waals surface area contributed by atoms with E-state index >= 15 is 0 Å². The molecule has 0 spiro atoms. The molecule has 0 saturated carbocycles. The molecule has 0 amide bonds. The van der Waals surface area contributed by atoms with Crippen molar-refractivity contribution in [2.45, 2.75) is 11.4 Å². The molecule has 0 radical (unpaired) electrons. The highest BCUT2D eigenvalue weighted by Crippen LogP contribution is 2.45. The van der Waals surface area contributed by atoms with Crippen molar-refractivity contribution in [2.75, 3.05) is 19.8 Å². The van der Waals surface area contributed by atoms with Crippen LogP contribution in [0.2, 0.25) is 0 Å². The summed E-state index contributed by atoms with van der Waals surface area (Å²) in [5, 5.41) is 2.36. The SMILES string of the molecule is c1ccc(C23COC(c4ccc5ccccc5c4)(OC2)OC3)cc1. The van der Waals surface area contributed by atoms with Crippen molar-refractivity contribution in [1.82, 2.24) is 0 Å². The zero-order chi connectivity index (χ0) is 16.0. The van der Waals surface area contributed by atoms with Gasteiger partial charge in [0.05, 0.1) is 25.2 Å². The summed E-state index contributed by atoms with van der Waals surface area (Å²) < 4.78 is 18.3. The lowest BCUT2D eigenvalue weighted by atomic mass is 9.81. The summed E-state index contributed by atoms with van der Waals surface area (Å²) in [7, 11) is 0. The highest BCUT2D eigenvalue weighted by molar-refractivity contribution is 5.83. The Hall–Kier alpha value is -2.20. The van der Waals surface area contributed by atoms with E-state index in [1.165, 1.54) is 10.9 Å². The normalized spacial score (nSPS) is 29.0. The molecular weight excluding hydrogens is 300 g/mol. The molecule has 0 N–H and O–H groups in total. The molecular formula is C21H18O3. The van der Waals surface area contributed by atoms with E-state index in [4.69, 9.17) is 14.2 Å². The molecule has 3 aliphatic rings. The van der Waals surface area contributed by atoms with Gasteiger partial charge >= 0.3 is 5.97 Å². The van der Waals surface area contributed by atoms with E-state index in [9.17, 15) is 0 Å². The third-order valence-electron chi connectivity index (χ3n) is 5.10. The van der Waals surface area contributed by atoms with Gasteiger partial charge in [-0.3, -0.25) is 0 Å². The van der Waals surface area contributed by atoms with Crippen LogP contribution < -0.4 is 0 Å². The zero-order valence-electron chi connectivity index (χ0n) is 13.3. The fourth-order valence-corrected chi connectivity index (χ4v) is 3.62. The van der Waals surface area contributed by atoms with E-state index in [1.54, 1.807) is 0 Å². The largest absolute Gasteiger partial charge is 0.322 e. The highest BCUT2D eigenvalue weighted by atomic mass is 16.9. The minimum atomic E-state index is -1.07. The second-order valence-electron chi connectivity index (χ2n) is 6.63. The van der Waals surface area contributed by atoms with Crippen molar-refractivity contribution >= 4 is 10.8 Å². The van der Waals surface area contributed by atoms with Crippen LogP contribution in [-0.2, 0) is 25.6 Å². The van der Waals surface area contributed by atoms with Crippen LogP contribution in [0.15, 0.2) is 72.8 Å². The summed E-state index contributed by atoms with van der Waals surface area (Å²) in [4.78, 5) is 0. The quantitative estimate of drug-likeness (QED) is 0.716. The second kappa shape index (κ2) is 5.15. The Bertz CT molecular complexity index is 863. The van der Waals surface area contributed by atoms with Crippen LogP contribution in [0.1, 0.15) is 11.1 Å². The molecule has 6 rings (SSSR count). The first kappa shape index (κ1) is 14.2. The van der Waals surface area contributed by atoms with Gasteiger partial charge in [0, 0.05) is 5.56 Å². The fraction of sp³-hybridized carbons (Fsp3) is 0.238. The Morgan fingerprint density at radius 3 is 1.92 bits per heavy atom. The van der Waals surface area contributed by atoms with Crippen LogP contribution >= 0.6 is 0 Å². The molecule has 0 atom stereocenters. The summed E-state index contributed by atoms with van der Waals surface area (Å²) >= 11 is 0. The maximum atomic E-state index is 6.11. The van der Waals surface area contributed by atoms with Gasteiger partial charge in [-0.05, 0) is 22.4 Å². The average molecular weight is 318 g/mol. The van der Waals surface area contributed by atoms with E-state index in [0.29, 0.717) is 19.8 Å². The summed E-state index contributed by atoms with van der Waals surface area (Å²) in [5.74, 6) is -1.07. The molecule has 3 nitrogen and oxygen atoms in total. The minimum absolute atomic E-state index is 0.208. The van der Waals surface area contributed by atoms with Crippen LogP contribution in [0.4, 0.5) is 0 Å². The summed E-state index contributed by atoms with van der Waals surface area (Å²) in [6.07, 6.45) is 0. The van der Waals surface area contributed by atoms with Crippen molar-refractivity contribution in [3.63, 3.8) is 0 Å². The number of ether oxygens (including phenoxy) is 3. The maximum absolute atomic E-state index is 6.11. The summed E-state index contributed by atoms with van der Waals surface area (Å²) in [6, 6.07) is 24.8. The minimum Gasteiger partial charge on any atom is -0.322 e. The number of hydrogen-bond acceptors (Lipinski definition) is 3. The Balaban J connectivity index is 1.49. The number of fused-ring (bicyclic) bond motifs is 4. The van der Waals surface area contributed by atoms with E-state index in [2.05, 4.69) is 36.4 Å². The van der Waals surface area contributed by atoms with Gasteiger partial charge in [0.15, 0.2) is 0 Å². The van der Waals surface area contributed by atoms with Crippen molar-refractivity contribution in [3.05, 3.63) is 83.9 Å². The topological polar surface area (TPSA) is 27.7 Å². The number of benzene rings is 3. The fourth-order valence-electron chi connectivity index (χ4n) is 3.62. The van der Waals surface area contributed by atoms with Crippen molar-refractivity contribution < 1.29 is 14.2 Å². The molecule has 0 aromatic heterocycles. The van der Waals surface area contributed by atoms with Gasteiger partial charge in [-0.1, -0.05) is 66.7 Å². The van der Waals surface area contributed by atoms with Gasteiger partial charge < -0.3 is 14.2 Å². The molecule has 3 aromatic carbocycles. The first-order chi connectivity index (χ1) is 11.8. The molecule has 3 heteroatoms. The lowest BCUT2D eigenvalue weighted by Crippen LogP contribution is -2.60. The third-order valence-corrected chi connectivity index (χ3v) is 5.10. The van der Waals surface area contributed by atoms with Gasteiger partial charge in [-0.15, -0.1) is 0 Å². The highest BCUT2D eigenvalue weighted by Gasteiger charge is 2.54. The Morgan fingerprint density at radius 1 is 0.583 bits per heavy atom. The van der Waals surface area contributed by atoms with Crippen LogP contribution in [0.25, 0.3) is 10.8 Å². The van der Waals surface area contributed by atoms with Gasteiger partial charge in [0.2, 0.25) is 0 Å². The molecule has 24 heavy (non-hydrogen) atoms. The van der Waals surface area contributed by atoms with Crippen LogP contribution in [0, 0.1) is 0 Å². The number of rotatable bonds is 2. The molecule has 0 unspecified atom stereocenters. The van der Waals surface area contributed by atoms with E-state index < -0.39 is 5.97 Å². The van der Waals surface area contributed by atoms with E-state index in [-0.39, 0.29) is 5.41 Å². The molecule has 3 saturated heterocycles. The van der Waals surface area contributed by atoms with Crippen LogP contribution in [0.3, 0.4) is 0 Å². The van der Waals surface area contributed by atoms with Gasteiger partial charge in [-0.25, -0.2) is 0 Å². The lowest BCUT2D eigenvalue weighted by molar-refractivity contribution is -0.466. The smallest absolute Gasteiger partial charge is 0.312 e. The monoisotopic (exact) mass is 318 g/mol. The molecule has 3 fully saturated rings. The second-order valence-corrected chi connectivity index (χ2v) is 6.63. The zero-order valence-corrected chi connectivity index (χ0v) is 13.3. The van der Waals surface area contributed by atoms with Gasteiger partial charge in [0.25, 0.3) is 0 Å². The Morgan fingerprint density at radius 2 is 1.21 bits per heavy atom. The van der Waals surface area contributed by atoms with Crippen molar-refractivity contribution in [1.29, 1.82) is 0 Å². The van der Waals surface area contributed by atoms with E-state index in [1.807, 2.05) is 36.4 Å². The van der Waals surface area contributed by atoms with Gasteiger partial charge in [0.1, 0.15) is 0 Å². The predicted molar refractivity (Wildman–Crippen MR) is 91.6 cm³/mol. The summed E-state index contributed by atoms with van der Waals surface area (Å²) in [5.41, 5.74) is 1.92. The lowest BCUT2D eigenvalue weighted by Gasteiger charge is -2.52. The van der Waals surface area contributed by atoms with Crippen LogP contribution in [-0.4, -0.2) is 19.8 Å². The standard InChI is InChI=1S/C21H18O3/c1-2-8-18(9-3-1)20-13-22-21(23-14-20,24-15-20)19-11-10-16-6-4-5-7-17(16)12-19/h1-12H,13-15H2. The summed E-state index contributed by atoms with van der Waals surface area (Å²) in [6.45, 7) is 1.80. The molecule has 2 bridgehead atoms. The van der Waals surface area contributed by atoms with E-state index in [0.717, 1.165) is 10.9 Å². The average Bonchev–Trinajstić information content (AvgIpc) is 2.70. The third kappa shape index (κ3) is 2.02. The number of hydrogen-bond donors (Lipinski definition) is 0. The molecule has 3 aromatic rings. The molecule has 0 aliphatic carbocycles. The van der Waals surface area contributed by atoms with Crippen LogP contribution in [0.5, 0.6) is 0 Å². The predicted octanol–water partition coefficient (Wildman–Crippen LogP) is 3.97. The Kier molecular flexibility index (Phi) is 3.04. The maximum Gasteiger partial charge on any atom is 0.312 e. The van der Waals surface area contributed by atoms with Crippen molar-refractivity contribution in [3.8, 4) is 0 Å². The molecule has 3 aliphatic heterocycles. The van der Waals surface area contributed by atoms with Gasteiger partial charge in [-0.2, -0.15) is 0 Å². The first-order valence-electron chi connectivity index (χ1n) is 8.27. The van der Waals surface area contributed by atoms with Crippen molar-refractivity contribution in [2.24, 2.45) is 0 Å². The molecule has 120 valence electrons. The molecule has 3 heterocycles.